The predicted molar refractivity (Wildman–Crippen MR) is 100 cm³/mol. The largest absolute Gasteiger partial charge is 0.493 e. The fraction of sp³-hybridized carbons (Fsp3) is 0.300. The fourth-order valence-corrected chi connectivity index (χ4v) is 2.58. The number of benzene rings is 2. The predicted octanol–water partition coefficient (Wildman–Crippen LogP) is 3.04. The van der Waals surface area contributed by atoms with Gasteiger partial charge in [-0.1, -0.05) is 18.2 Å². The fourth-order valence-electron chi connectivity index (χ4n) is 2.58. The molecule has 136 valence electrons. The summed E-state index contributed by atoms with van der Waals surface area (Å²) in [4.78, 5) is 14.1. The summed E-state index contributed by atoms with van der Waals surface area (Å²) in [6.07, 6.45) is 0. The van der Waals surface area contributed by atoms with Gasteiger partial charge >= 0.3 is 0 Å². The minimum atomic E-state index is -0.173. The number of amides is 1. The summed E-state index contributed by atoms with van der Waals surface area (Å²) in [6, 6.07) is 14.7. The van der Waals surface area contributed by atoms with Crippen molar-refractivity contribution in [3.05, 3.63) is 53.6 Å². The van der Waals surface area contributed by atoms with E-state index in [1.165, 1.54) is 0 Å². The van der Waals surface area contributed by atoms with Crippen LogP contribution in [0.1, 0.15) is 18.1 Å². The van der Waals surface area contributed by atoms with E-state index in [0.29, 0.717) is 35.9 Å². The molecular weight excluding hydrogens is 330 g/mol. The lowest BCUT2D eigenvalue weighted by molar-refractivity contribution is -0.117. The molecule has 2 aromatic carbocycles. The van der Waals surface area contributed by atoms with E-state index in [1.54, 1.807) is 31.4 Å². The third kappa shape index (κ3) is 5.23. The van der Waals surface area contributed by atoms with Gasteiger partial charge in [-0.3, -0.25) is 9.69 Å². The van der Waals surface area contributed by atoms with Gasteiger partial charge in [0, 0.05) is 6.54 Å². The lowest BCUT2D eigenvalue weighted by atomic mass is 10.2. The Hall–Kier alpha value is -3.04. The van der Waals surface area contributed by atoms with Gasteiger partial charge in [-0.25, -0.2) is 0 Å². The van der Waals surface area contributed by atoms with E-state index in [9.17, 15) is 4.79 Å². The number of likely N-dealkylation sites (N-methyl/N-ethyl adjacent to an activating group) is 1. The van der Waals surface area contributed by atoms with E-state index in [2.05, 4.69) is 11.4 Å². The summed E-state index contributed by atoms with van der Waals surface area (Å²) in [5.41, 5.74) is 1.98. The highest BCUT2D eigenvalue weighted by atomic mass is 16.5. The minimum Gasteiger partial charge on any atom is -0.493 e. The molecule has 2 rings (SSSR count). The average molecular weight is 353 g/mol. The van der Waals surface area contributed by atoms with Crippen molar-refractivity contribution in [2.24, 2.45) is 0 Å². The Morgan fingerprint density at radius 2 is 2.00 bits per heavy atom. The number of rotatable bonds is 8. The lowest BCUT2D eigenvalue weighted by Gasteiger charge is -2.18. The summed E-state index contributed by atoms with van der Waals surface area (Å²) < 4.78 is 10.9. The van der Waals surface area contributed by atoms with E-state index < -0.39 is 0 Å². The van der Waals surface area contributed by atoms with Gasteiger partial charge < -0.3 is 14.8 Å². The SMILES string of the molecule is CCOc1ccc(CN(C)CC(=O)Nc2ccccc2C#N)cc1OC. The number of ether oxygens (including phenoxy) is 2. The van der Waals surface area contributed by atoms with Crippen LogP contribution in [0.15, 0.2) is 42.5 Å². The Labute approximate surface area is 153 Å². The maximum Gasteiger partial charge on any atom is 0.238 e. The quantitative estimate of drug-likeness (QED) is 0.789. The summed E-state index contributed by atoms with van der Waals surface area (Å²) in [5.74, 6) is 1.20. The van der Waals surface area contributed by atoms with Gasteiger partial charge in [-0.05, 0) is 43.8 Å². The molecule has 0 fully saturated rings. The Balaban J connectivity index is 1.96. The first kappa shape index (κ1) is 19.3. The first-order chi connectivity index (χ1) is 12.6. The zero-order valence-electron chi connectivity index (χ0n) is 15.3. The van der Waals surface area contributed by atoms with E-state index in [0.717, 1.165) is 5.56 Å². The molecule has 2 aromatic rings. The van der Waals surface area contributed by atoms with Crippen molar-refractivity contribution in [2.75, 3.05) is 32.6 Å². The summed E-state index contributed by atoms with van der Waals surface area (Å²) in [6.45, 7) is 3.27. The van der Waals surface area contributed by atoms with Gasteiger partial charge in [0.2, 0.25) is 5.91 Å². The Morgan fingerprint density at radius 1 is 1.23 bits per heavy atom. The van der Waals surface area contributed by atoms with Crippen molar-refractivity contribution in [1.82, 2.24) is 4.90 Å². The van der Waals surface area contributed by atoms with Crippen molar-refractivity contribution in [2.45, 2.75) is 13.5 Å². The first-order valence-corrected chi connectivity index (χ1v) is 8.34. The van der Waals surface area contributed by atoms with Gasteiger partial charge in [0.05, 0.1) is 31.5 Å². The second kappa shape index (κ2) is 9.44. The molecule has 0 aliphatic heterocycles. The molecule has 0 aromatic heterocycles. The van der Waals surface area contributed by atoms with Crippen LogP contribution in [0.5, 0.6) is 11.5 Å². The number of methoxy groups -OCH3 is 1. The van der Waals surface area contributed by atoms with Crippen LogP contribution in [0.4, 0.5) is 5.69 Å². The molecule has 0 heterocycles. The monoisotopic (exact) mass is 353 g/mol. The Kier molecular flexibility index (Phi) is 7.01. The van der Waals surface area contributed by atoms with E-state index in [1.807, 2.05) is 37.1 Å². The van der Waals surface area contributed by atoms with Gasteiger partial charge in [-0.15, -0.1) is 0 Å². The highest BCUT2D eigenvalue weighted by molar-refractivity contribution is 5.93. The van der Waals surface area contributed by atoms with Crippen molar-refractivity contribution < 1.29 is 14.3 Å². The molecule has 1 amide bonds. The number of para-hydroxylation sites is 1. The van der Waals surface area contributed by atoms with E-state index in [4.69, 9.17) is 14.7 Å². The summed E-state index contributed by atoms with van der Waals surface area (Å²) in [7, 11) is 3.46. The van der Waals surface area contributed by atoms with Crippen LogP contribution in [0, 0.1) is 11.3 Å². The standard InChI is InChI=1S/C20H23N3O3/c1-4-26-18-10-9-15(11-19(18)25-3)13-23(2)14-20(24)22-17-8-6-5-7-16(17)12-21/h5-11H,4,13-14H2,1-3H3,(H,22,24). The number of nitrogens with one attached hydrogen (secondary N) is 1. The molecule has 0 atom stereocenters. The maximum atomic E-state index is 12.2. The van der Waals surface area contributed by atoms with Crippen LogP contribution in [0.25, 0.3) is 0 Å². The molecular formula is C20H23N3O3. The van der Waals surface area contributed by atoms with Crippen LogP contribution >= 0.6 is 0 Å². The van der Waals surface area contributed by atoms with Crippen LogP contribution in [0.2, 0.25) is 0 Å². The number of carbonyl (C=O) groups is 1. The van der Waals surface area contributed by atoms with E-state index in [-0.39, 0.29) is 12.5 Å². The third-order valence-electron chi connectivity index (χ3n) is 3.72. The number of carbonyl (C=O) groups excluding carboxylic acids is 1. The molecule has 0 aliphatic rings. The number of anilines is 1. The molecule has 6 nitrogen and oxygen atoms in total. The molecule has 0 aliphatic carbocycles. The van der Waals surface area contributed by atoms with Crippen molar-refractivity contribution in [3.8, 4) is 17.6 Å². The summed E-state index contributed by atoms with van der Waals surface area (Å²) in [5, 5.41) is 11.9. The smallest absolute Gasteiger partial charge is 0.238 e. The van der Waals surface area contributed by atoms with Gasteiger partial charge in [0.15, 0.2) is 11.5 Å². The number of hydrogen-bond acceptors (Lipinski definition) is 5. The van der Waals surface area contributed by atoms with Gasteiger partial charge in [0.1, 0.15) is 6.07 Å². The molecule has 0 bridgehead atoms. The number of nitriles is 1. The topological polar surface area (TPSA) is 74.6 Å². The molecule has 0 saturated carbocycles. The third-order valence-corrected chi connectivity index (χ3v) is 3.72. The maximum absolute atomic E-state index is 12.2. The lowest BCUT2D eigenvalue weighted by Crippen LogP contribution is -2.30. The molecule has 1 N–H and O–H groups in total. The first-order valence-electron chi connectivity index (χ1n) is 8.34. The molecule has 0 spiro atoms. The molecule has 26 heavy (non-hydrogen) atoms. The Morgan fingerprint density at radius 3 is 2.69 bits per heavy atom. The molecule has 6 heteroatoms. The van der Waals surface area contributed by atoms with Gasteiger partial charge in [-0.2, -0.15) is 5.26 Å². The Bertz CT molecular complexity index is 799. The van der Waals surface area contributed by atoms with Crippen molar-refractivity contribution in [3.63, 3.8) is 0 Å². The number of hydrogen-bond donors (Lipinski definition) is 1. The summed E-state index contributed by atoms with van der Waals surface area (Å²) >= 11 is 0. The zero-order chi connectivity index (χ0) is 18.9. The highest BCUT2D eigenvalue weighted by Gasteiger charge is 2.11. The molecule has 0 saturated heterocycles. The minimum absolute atomic E-state index is 0.173. The highest BCUT2D eigenvalue weighted by Crippen LogP contribution is 2.28. The van der Waals surface area contributed by atoms with Crippen LogP contribution < -0.4 is 14.8 Å². The van der Waals surface area contributed by atoms with Crippen LogP contribution in [-0.4, -0.2) is 38.1 Å². The van der Waals surface area contributed by atoms with Crippen molar-refractivity contribution >= 4 is 11.6 Å². The van der Waals surface area contributed by atoms with Gasteiger partial charge in [0.25, 0.3) is 0 Å². The molecule has 0 radical (unpaired) electrons. The van der Waals surface area contributed by atoms with Crippen LogP contribution in [0.3, 0.4) is 0 Å². The average Bonchev–Trinajstić information content (AvgIpc) is 2.63. The number of nitrogens with zero attached hydrogens (tertiary/aromatic N) is 2. The van der Waals surface area contributed by atoms with E-state index >= 15 is 0 Å². The zero-order valence-corrected chi connectivity index (χ0v) is 15.3. The molecule has 0 unspecified atom stereocenters. The second-order valence-electron chi connectivity index (χ2n) is 5.80. The van der Waals surface area contributed by atoms with Crippen LogP contribution in [-0.2, 0) is 11.3 Å². The normalized spacial score (nSPS) is 10.3. The second-order valence-corrected chi connectivity index (χ2v) is 5.80. The van der Waals surface area contributed by atoms with Crippen molar-refractivity contribution in [1.29, 1.82) is 5.26 Å².